The van der Waals surface area contributed by atoms with Crippen LogP contribution in [0.1, 0.15) is 42.8 Å². The molecule has 28 heavy (non-hydrogen) atoms. The highest BCUT2D eigenvalue weighted by molar-refractivity contribution is 14.0. The minimum absolute atomic E-state index is 0. The Morgan fingerprint density at radius 2 is 2.00 bits per heavy atom. The van der Waals surface area contributed by atoms with Crippen LogP contribution in [-0.4, -0.2) is 40.6 Å². The maximum Gasteiger partial charge on any atom is 0.191 e. The summed E-state index contributed by atoms with van der Waals surface area (Å²) < 4.78 is 2.25. The minimum Gasteiger partial charge on any atom is -0.356 e. The number of aliphatic imine (C=N–C) groups is 1. The van der Waals surface area contributed by atoms with Crippen molar-refractivity contribution in [2.45, 2.75) is 58.3 Å². The molecule has 158 valence electrons. The number of nitrogens with one attached hydrogen (secondary N) is 2. The number of guanidine groups is 1. The van der Waals surface area contributed by atoms with Crippen molar-refractivity contribution in [2.24, 2.45) is 10.9 Å². The van der Waals surface area contributed by atoms with Gasteiger partial charge in [0.1, 0.15) is 5.82 Å². The van der Waals surface area contributed by atoms with Crippen LogP contribution in [-0.2, 0) is 25.9 Å². The minimum atomic E-state index is 0. The van der Waals surface area contributed by atoms with Crippen LogP contribution in [0.25, 0.3) is 0 Å². The number of nitrogens with zero attached hydrogens (tertiary/aromatic N) is 4. The summed E-state index contributed by atoms with van der Waals surface area (Å²) in [6, 6.07) is 4.39. The molecule has 0 amide bonds. The summed E-state index contributed by atoms with van der Waals surface area (Å²) in [7, 11) is 1.81. The quantitative estimate of drug-likeness (QED) is 0.157. The Morgan fingerprint density at radius 1 is 1.25 bits per heavy atom. The van der Waals surface area contributed by atoms with Gasteiger partial charge < -0.3 is 15.2 Å². The highest BCUT2D eigenvalue weighted by Crippen LogP contribution is 2.17. The molecule has 0 bridgehead atoms. The molecule has 9 heteroatoms. The summed E-state index contributed by atoms with van der Waals surface area (Å²) in [4.78, 5) is 7.07. The van der Waals surface area contributed by atoms with Gasteiger partial charge >= 0.3 is 0 Å². The normalized spacial score (nSPS) is 11.6. The summed E-state index contributed by atoms with van der Waals surface area (Å²) in [5.74, 6) is 2.50. The van der Waals surface area contributed by atoms with E-state index in [0.717, 1.165) is 55.8 Å². The van der Waals surface area contributed by atoms with E-state index >= 15 is 0 Å². The highest BCUT2D eigenvalue weighted by Gasteiger charge is 2.12. The molecule has 0 saturated heterocycles. The van der Waals surface area contributed by atoms with Gasteiger partial charge in [-0.3, -0.25) is 4.99 Å². The number of hydrogen-bond donors (Lipinski definition) is 2. The third kappa shape index (κ3) is 7.90. The van der Waals surface area contributed by atoms with Crippen molar-refractivity contribution >= 4 is 53.0 Å². The zero-order valence-corrected chi connectivity index (χ0v) is 21.5. The van der Waals surface area contributed by atoms with Crippen LogP contribution in [0.15, 0.2) is 22.3 Å². The lowest BCUT2D eigenvalue weighted by Gasteiger charge is -2.13. The van der Waals surface area contributed by atoms with Crippen molar-refractivity contribution in [1.82, 2.24) is 25.4 Å². The maximum atomic E-state index is 4.38. The molecule has 0 atom stereocenters. The second kappa shape index (κ2) is 13.4. The lowest BCUT2D eigenvalue weighted by atomic mass is 10.2. The molecule has 0 aliphatic heterocycles. The van der Waals surface area contributed by atoms with E-state index in [-0.39, 0.29) is 24.0 Å². The first-order valence-electron chi connectivity index (χ1n) is 9.55. The van der Waals surface area contributed by atoms with E-state index in [0.29, 0.717) is 5.92 Å². The Morgan fingerprint density at radius 3 is 2.61 bits per heavy atom. The predicted molar refractivity (Wildman–Crippen MR) is 132 cm³/mol. The van der Waals surface area contributed by atoms with Gasteiger partial charge in [-0.1, -0.05) is 32.5 Å². The van der Waals surface area contributed by atoms with E-state index in [2.05, 4.69) is 69.6 Å². The average Bonchev–Trinajstić information content (AvgIpc) is 3.27. The first kappa shape index (κ1) is 25.2. The SMILES string of the molecule is CCc1ccc(CNC(=NC)NCCCc2nnc(SC)n2CC(C)C)s1.I. The molecule has 0 unspecified atom stereocenters. The summed E-state index contributed by atoms with van der Waals surface area (Å²) in [5.41, 5.74) is 0. The van der Waals surface area contributed by atoms with E-state index in [4.69, 9.17) is 0 Å². The van der Waals surface area contributed by atoms with Crippen LogP contribution in [0.4, 0.5) is 0 Å². The lowest BCUT2D eigenvalue weighted by molar-refractivity contribution is 0.477. The molecule has 0 spiro atoms. The molecule has 2 rings (SSSR count). The van der Waals surface area contributed by atoms with Crippen molar-refractivity contribution in [2.75, 3.05) is 19.8 Å². The van der Waals surface area contributed by atoms with Gasteiger partial charge in [0.15, 0.2) is 11.1 Å². The third-order valence-corrected chi connectivity index (χ3v) is 6.01. The third-order valence-electron chi connectivity index (χ3n) is 4.11. The molecule has 0 aromatic carbocycles. The van der Waals surface area contributed by atoms with E-state index in [1.165, 1.54) is 9.75 Å². The van der Waals surface area contributed by atoms with Crippen LogP contribution >= 0.6 is 47.1 Å². The van der Waals surface area contributed by atoms with Gasteiger partial charge in [-0.25, -0.2) is 0 Å². The second-order valence-electron chi connectivity index (χ2n) is 6.79. The fourth-order valence-corrected chi connectivity index (χ4v) is 4.18. The van der Waals surface area contributed by atoms with Crippen molar-refractivity contribution in [3.8, 4) is 0 Å². The topological polar surface area (TPSA) is 67.1 Å². The number of hydrogen-bond acceptors (Lipinski definition) is 5. The number of halogens is 1. The predicted octanol–water partition coefficient (Wildman–Crippen LogP) is 4.20. The van der Waals surface area contributed by atoms with Gasteiger partial charge in [0.05, 0.1) is 6.54 Å². The van der Waals surface area contributed by atoms with E-state index in [9.17, 15) is 0 Å². The van der Waals surface area contributed by atoms with Gasteiger partial charge in [-0.05, 0) is 37.1 Å². The Kier molecular flexibility index (Phi) is 12.1. The number of thioether (sulfide) groups is 1. The number of rotatable bonds is 10. The van der Waals surface area contributed by atoms with Gasteiger partial charge in [-0.2, -0.15) is 0 Å². The van der Waals surface area contributed by atoms with Crippen LogP contribution in [0.2, 0.25) is 0 Å². The standard InChI is InChI=1S/C19H32N6S2.HI/c1-6-15-9-10-16(27-15)12-22-18(20-4)21-11-7-8-17-23-24-19(26-5)25(17)13-14(2)3;/h9-10,14H,6-8,11-13H2,1-5H3,(H2,20,21,22);1H. The van der Waals surface area contributed by atoms with Crippen molar-refractivity contribution in [1.29, 1.82) is 0 Å². The molecule has 0 fully saturated rings. The first-order valence-corrected chi connectivity index (χ1v) is 11.6. The fraction of sp³-hybridized carbons (Fsp3) is 0.632. The largest absolute Gasteiger partial charge is 0.356 e. The summed E-state index contributed by atoms with van der Waals surface area (Å²) in [6.45, 7) is 9.27. The first-order chi connectivity index (χ1) is 13.1. The molecule has 0 saturated carbocycles. The molecule has 0 aliphatic rings. The van der Waals surface area contributed by atoms with Crippen molar-refractivity contribution in [3.63, 3.8) is 0 Å². The van der Waals surface area contributed by atoms with Crippen molar-refractivity contribution in [3.05, 3.63) is 27.7 Å². The molecule has 0 aliphatic carbocycles. The molecular weight excluding hydrogens is 503 g/mol. The molecular formula is C19H33IN6S2. The van der Waals surface area contributed by atoms with Crippen molar-refractivity contribution < 1.29 is 0 Å². The smallest absolute Gasteiger partial charge is 0.191 e. The van der Waals surface area contributed by atoms with Crippen LogP contribution < -0.4 is 10.6 Å². The fourth-order valence-electron chi connectivity index (χ4n) is 2.76. The average molecular weight is 537 g/mol. The zero-order valence-electron chi connectivity index (χ0n) is 17.5. The lowest BCUT2D eigenvalue weighted by Crippen LogP contribution is -2.37. The van der Waals surface area contributed by atoms with E-state index < -0.39 is 0 Å². The van der Waals surface area contributed by atoms with E-state index in [1.54, 1.807) is 11.8 Å². The van der Waals surface area contributed by atoms with Gasteiger partial charge in [0.25, 0.3) is 0 Å². The summed E-state index contributed by atoms with van der Waals surface area (Å²) in [6.07, 6.45) is 5.05. The van der Waals surface area contributed by atoms with Crippen LogP contribution in [0.3, 0.4) is 0 Å². The molecule has 2 aromatic heterocycles. The summed E-state index contributed by atoms with van der Waals surface area (Å²) in [5, 5.41) is 16.5. The molecule has 6 nitrogen and oxygen atoms in total. The molecule has 0 radical (unpaired) electrons. The van der Waals surface area contributed by atoms with Crippen LogP contribution in [0.5, 0.6) is 0 Å². The van der Waals surface area contributed by atoms with Gasteiger partial charge in [0.2, 0.25) is 0 Å². The van der Waals surface area contributed by atoms with Crippen LogP contribution in [0, 0.1) is 5.92 Å². The Balaban J connectivity index is 0.00000392. The second-order valence-corrected chi connectivity index (χ2v) is 8.81. The number of aromatic nitrogens is 3. The van der Waals surface area contributed by atoms with Gasteiger partial charge in [-0.15, -0.1) is 45.5 Å². The summed E-state index contributed by atoms with van der Waals surface area (Å²) >= 11 is 3.52. The Labute approximate surface area is 194 Å². The monoisotopic (exact) mass is 536 g/mol. The molecule has 2 N–H and O–H groups in total. The highest BCUT2D eigenvalue weighted by atomic mass is 127. The number of aryl methyl sites for hydroxylation is 2. The number of thiophene rings is 1. The van der Waals surface area contributed by atoms with E-state index in [1.807, 2.05) is 18.4 Å². The van der Waals surface area contributed by atoms with Gasteiger partial charge in [0, 0.05) is 36.3 Å². The zero-order chi connectivity index (χ0) is 19.6. The maximum absolute atomic E-state index is 4.38. The Hall–Kier alpha value is -0.810. The molecule has 2 heterocycles. The molecule has 2 aromatic rings. The Bertz CT molecular complexity index is 726.